The lowest BCUT2D eigenvalue weighted by molar-refractivity contribution is 0.660. The molecule has 0 spiro atoms. The molecule has 78 heavy (non-hydrogen) atoms. The van der Waals surface area contributed by atoms with Crippen molar-refractivity contribution in [3.63, 3.8) is 0 Å². The van der Waals surface area contributed by atoms with Gasteiger partial charge in [-0.3, -0.25) is 0 Å². The summed E-state index contributed by atoms with van der Waals surface area (Å²) in [4.78, 5) is 2.54. The number of hydrogen-bond acceptors (Lipinski definition) is 1. The van der Waals surface area contributed by atoms with Crippen LogP contribution in [-0.2, 0) is 10.8 Å². The van der Waals surface area contributed by atoms with Crippen molar-refractivity contribution < 1.29 is 0 Å². The van der Waals surface area contributed by atoms with Crippen molar-refractivity contribution in [1.82, 2.24) is 0 Å². The van der Waals surface area contributed by atoms with Crippen LogP contribution in [0.5, 0.6) is 0 Å². The first-order valence-corrected chi connectivity index (χ1v) is 29.4. The number of nitrogens with zero attached hydrogens (tertiary/aromatic N) is 1. The average molecular weight is 1010 g/mol. The fourth-order valence-corrected chi connectivity index (χ4v) is 19.5. The van der Waals surface area contributed by atoms with E-state index < -0.39 is 13.5 Å². The van der Waals surface area contributed by atoms with Crippen LogP contribution in [0.2, 0.25) is 0 Å². The topological polar surface area (TPSA) is 3.24 Å². The number of anilines is 3. The molecule has 15 rings (SSSR count). The van der Waals surface area contributed by atoms with Gasteiger partial charge in [-0.25, -0.2) is 0 Å². The lowest BCUT2D eigenvalue weighted by atomic mass is 9.67. The summed E-state index contributed by atoms with van der Waals surface area (Å²) in [7, 11) is -2.73. The van der Waals surface area contributed by atoms with Crippen molar-refractivity contribution in [1.29, 1.82) is 0 Å². The zero-order chi connectivity index (χ0) is 52.0. The second kappa shape index (κ2) is 17.9. The van der Waals surface area contributed by atoms with E-state index >= 15 is 0 Å². The van der Waals surface area contributed by atoms with E-state index in [0.29, 0.717) is 0 Å². The Balaban J connectivity index is 0.961. The zero-order valence-electron chi connectivity index (χ0n) is 43.7. The molecule has 0 aromatic heterocycles. The van der Waals surface area contributed by atoms with Gasteiger partial charge in [0.1, 0.15) is 0 Å². The molecule has 368 valence electrons. The van der Waals surface area contributed by atoms with Gasteiger partial charge in [0.2, 0.25) is 0 Å². The molecule has 1 aliphatic heterocycles. The summed E-state index contributed by atoms with van der Waals surface area (Å²) in [5, 5.41) is 5.69. The Hall–Kier alpha value is -9.34. The minimum atomic E-state index is -2.73. The smallest absolute Gasteiger partial charge is 0.180 e. The maximum absolute atomic E-state index is 2.73. The third kappa shape index (κ3) is 6.66. The molecule has 0 saturated carbocycles. The fraction of sp³-hybridized carbons (Fsp3) is 0.0526. The van der Waals surface area contributed by atoms with Crippen LogP contribution in [0, 0.1) is 0 Å². The largest absolute Gasteiger partial charge is 0.310 e. The molecular weight excluding hydrogens is 955 g/mol. The molecule has 3 aliphatic rings. The molecule has 0 radical (unpaired) electrons. The first-order valence-electron chi connectivity index (χ1n) is 27.4. The maximum atomic E-state index is 2.54. The highest BCUT2D eigenvalue weighted by molar-refractivity contribution is 7.22. The summed E-state index contributed by atoms with van der Waals surface area (Å²) < 4.78 is 0. The van der Waals surface area contributed by atoms with Crippen molar-refractivity contribution in [2.45, 2.75) is 24.7 Å². The molecule has 0 N–H and O–H groups in total. The minimum Gasteiger partial charge on any atom is -0.310 e. The van der Waals surface area contributed by atoms with Crippen molar-refractivity contribution >= 4 is 45.9 Å². The predicted octanol–water partition coefficient (Wildman–Crippen LogP) is 16.5. The molecule has 0 unspecified atom stereocenters. The Labute approximate surface area is 459 Å². The molecule has 0 bridgehead atoms. The summed E-state index contributed by atoms with van der Waals surface area (Å²) >= 11 is 0. The normalized spacial score (nSPS) is 14.3. The van der Waals surface area contributed by atoms with E-state index in [1.54, 1.807) is 0 Å². The predicted molar refractivity (Wildman–Crippen MR) is 329 cm³/mol. The van der Waals surface area contributed by atoms with Gasteiger partial charge >= 0.3 is 0 Å². The highest BCUT2D eigenvalue weighted by atomic mass is 28.3. The van der Waals surface area contributed by atoms with Crippen molar-refractivity contribution in [2.75, 3.05) is 4.90 Å². The monoisotopic (exact) mass is 1010 g/mol. The molecule has 12 aromatic carbocycles. The van der Waals surface area contributed by atoms with Crippen molar-refractivity contribution in [2.24, 2.45) is 0 Å². The Kier molecular flexibility index (Phi) is 10.5. The average Bonchev–Trinajstić information content (AvgIpc) is 4.22. The molecule has 2 aliphatic carbocycles. The summed E-state index contributed by atoms with van der Waals surface area (Å²) in [6, 6.07) is 112. The summed E-state index contributed by atoms with van der Waals surface area (Å²) in [5.74, 6) is 0. The van der Waals surface area contributed by atoms with Gasteiger partial charge < -0.3 is 4.90 Å². The van der Waals surface area contributed by atoms with Crippen LogP contribution >= 0.6 is 0 Å². The molecule has 12 aromatic rings. The molecule has 0 amide bonds. The summed E-state index contributed by atoms with van der Waals surface area (Å²) in [6.45, 7) is 4.77. The molecule has 2 heteroatoms. The van der Waals surface area contributed by atoms with Gasteiger partial charge in [-0.05, 0) is 141 Å². The van der Waals surface area contributed by atoms with Gasteiger partial charge in [0.05, 0.1) is 11.1 Å². The van der Waals surface area contributed by atoms with E-state index in [4.69, 9.17) is 0 Å². The minimum absolute atomic E-state index is 0.192. The lowest BCUT2D eigenvalue weighted by Gasteiger charge is -2.35. The van der Waals surface area contributed by atoms with Crippen LogP contribution in [-0.4, -0.2) is 8.07 Å². The van der Waals surface area contributed by atoms with E-state index in [1.165, 1.54) is 98.6 Å². The second-order valence-corrected chi connectivity index (χ2v) is 25.6. The van der Waals surface area contributed by atoms with Gasteiger partial charge in [0.25, 0.3) is 0 Å². The van der Waals surface area contributed by atoms with Gasteiger partial charge in [-0.15, -0.1) is 0 Å². The van der Waals surface area contributed by atoms with Gasteiger partial charge in [0.15, 0.2) is 8.07 Å². The zero-order valence-corrected chi connectivity index (χ0v) is 44.7. The van der Waals surface area contributed by atoms with Crippen LogP contribution in [0.15, 0.2) is 297 Å². The maximum Gasteiger partial charge on any atom is 0.180 e. The molecular formula is C76H55NSi. The van der Waals surface area contributed by atoms with Gasteiger partial charge in [0, 0.05) is 22.4 Å². The first-order chi connectivity index (χ1) is 38.5. The fourth-order valence-electron chi connectivity index (χ4n) is 14.3. The van der Waals surface area contributed by atoms with Crippen LogP contribution in [0.1, 0.15) is 47.2 Å². The number of hydrogen-bond donors (Lipinski definition) is 0. The molecule has 0 saturated heterocycles. The quantitative estimate of drug-likeness (QED) is 0.130. The van der Waals surface area contributed by atoms with E-state index in [9.17, 15) is 0 Å². The summed E-state index contributed by atoms with van der Waals surface area (Å²) in [5.41, 5.74) is 23.0. The van der Waals surface area contributed by atoms with E-state index in [0.717, 1.165) is 28.2 Å². The van der Waals surface area contributed by atoms with Crippen molar-refractivity contribution in [3.8, 4) is 55.6 Å². The molecule has 1 nitrogen and oxygen atoms in total. The SMILES string of the molecule is CC1(C)c2ccccc2-c2ccc(N(c3cccc(C4(c5ccccc5)c5ccccc5-c5ccccc54)c3)c3ccc(-c4cccc([Si]5(c6ccccc6)c6ccccc6-c6ccccc65)c4)cc3-c3ccccc3)cc21. The number of fused-ring (bicyclic) bond motifs is 9. The van der Waals surface area contributed by atoms with Crippen LogP contribution in [0.25, 0.3) is 55.6 Å². The molecule has 1 heterocycles. The Morgan fingerprint density at radius 3 is 1.42 bits per heavy atom. The van der Waals surface area contributed by atoms with Crippen LogP contribution in [0.4, 0.5) is 17.1 Å². The highest BCUT2D eigenvalue weighted by Gasteiger charge is 2.49. The lowest BCUT2D eigenvalue weighted by Crippen LogP contribution is -2.72. The number of rotatable bonds is 9. The summed E-state index contributed by atoms with van der Waals surface area (Å²) in [6.07, 6.45) is 0. The van der Waals surface area contributed by atoms with Crippen molar-refractivity contribution in [3.05, 3.63) is 331 Å². The third-order valence-corrected chi connectivity index (χ3v) is 22.5. The standard InChI is InChI=1S/C76H55NSi/c1-75(2)68-39-17-12-34-61(68)64-46-45-58(51-71(64)75)77(57-30-23-29-56(50-57)76(55-27-8-4-9-28-55)69-40-18-13-35-62(69)63-36-14-19-41-70(63)76)72-47-44-54(49-67(72)52-24-6-3-7-25-52)53-26-22-33-60(48-53)78(59-31-10-5-11-32-59)73-42-20-15-37-65(73)66-38-16-21-43-74(66)78/h3-51H,1-2H3. The van der Waals surface area contributed by atoms with Crippen LogP contribution < -0.4 is 25.6 Å². The molecule has 0 fully saturated rings. The highest BCUT2D eigenvalue weighted by Crippen LogP contribution is 2.57. The van der Waals surface area contributed by atoms with Gasteiger partial charge in [-0.2, -0.15) is 0 Å². The van der Waals surface area contributed by atoms with E-state index in [1.807, 2.05) is 0 Å². The third-order valence-electron chi connectivity index (χ3n) is 17.6. The van der Waals surface area contributed by atoms with Gasteiger partial charge in [-0.1, -0.05) is 275 Å². The number of benzene rings is 12. The Morgan fingerprint density at radius 2 is 0.756 bits per heavy atom. The van der Waals surface area contributed by atoms with Crippen LogP contribution in [0.3, 0.4) is 0 Å². The van der Waals surface area contributed by atoms with E-state index in [2.05, 4.69) is 316 Å². The molecule has 0 atom stereocenters. The van der Waals surface area contributed by atoms with E-state index in [-0.39, 0.29) is 5.41 Å². The Morgan fingerprint density at radius 1 is 0.282 bits per heavy atom. The first kappa shape index (κ1) is 46.0. The Bertz CT molecular complexity index is 4220. The second-order valence-electron chi connectivity index (χ2n) is 21.9.